The van der Waals surface area contributed by atoms with Gasteiger partial charge in [0.1, 0.15) is 12.4 Å². The molecule has 0 bridgehead atoms. The maximum atomic E-state index is 13.9. The van der Waals surface area contributed by atoms with Gasteiger partial charge in [-0.05, 0) is 62.1 Å². The fourth-order valence-corrected chi connectivity index (χ4v) is 5.69. The van der Waals surface area contributed by atoms with Crippen LogP contribution in [0.2, 0.25) is 0 Å². The number of carbonyl (C=O) groups excluding carboxylic acids is 2. The number of dihydropyridines is 1. The van der Waals surface area contributed by atoms with Gasteiger partial charge in [0.15, 0.2) is 17.3 Å². The molecule has 2 aliphatic rings. The Bertz CT molecular complexity index is 1320. The molecule has 1 aliphatic heterocycles. The molecule has 208 valence electrons. The number of ether oxygens (including phenoxy) is 5. The zero-order chi connectivity index (χ0) is 28.1. The van der Waals surface area contributed by atoms with Crippen LogP contribution in [0.25, 0.3) is 0 Å². The topological polar surface area (TPSA) is 92.3 Å². The van der Waals surface area contributed by atoms with Gasteiger partial charge in [-0.3, -0.25) is 4.79 Å². The van der Waals surface area contributed by atoms with E-state index in [2.05, 4.69) is 21.2 Å². The number of hydrogen-bond donors (Lipinski definition) is 1. The zero-order valence-corrected chi connectivity index (χ0v) is 24.5. The molecule has 1 aliphatic carbocycles. The van der Waals surface area contributed by atoms with Crippen LogP contribution in [-0.4, -0.2) is 52.9 Å². The average molecular weight is 601 g/mol. The first-order chi connectivity index (χ1) is 18.8. The summed E-state index contributed by atoms with van der Waals surface area (Å²) in [5.41, 5.74) is 4.08. The van der Waals surface area contributed by atoms with Crippen LogP contribution in [0.4, 0.5) is 0 Å². The average Bonchev–Trinajstić information content (AvgIpc) is 2.93. The number of methoxy groups -OCH3 is 3. The zero-order valence-electron chi connectivity index (χ0n) is 22.9. The van der Waals surface area contributed by atoms with Gasteiger partial charge in [0, 0.05) is 40.0 Å². The molecule has 0 radical (unpaired) electrons. The van der Waals surface area contributed by atoms with Gasteiger partial charge in [-0.2, -0.15) is 0 Å². The van der Waals surface area contributed by atoms with Crippen molar-refractivity contribution in [2.75, 3.05) is 41.2 Å². The van der Waals surface area contributed by atoms with E-state index in [4.69, 9.17) is 23.7 Å². The molecule has 0 spiro atoms. The summed E-state index contributed by atoms with van der Waals surface area (Å²) in [5, 5.41) is 3.38. The lowest BCUT2D eigenvalue weighted by Crippen LogP contribution is -2.36. The Balaban J connectivity index is 1.77. The molecule has 8 nitrogen and oxygen atoms in total. The van der Waals surface area contributed by atoms with Gasteiger partial charge in [-0.25, -0.2) is 4.79 Å². The molecule has 1 heterocycles. The highest BCUT2D eigenvalue weighted by atomic mass is 79.9. The third-order valence-corrected chi connectivity index (χ3v) is 7.59. The van der Waals surface area contributed by atoms with E-state index >= 15 is 0 Å². The minimum absolute atomic E-state index is 0.0392. The van der Waals surface area contributed by atoms with E-state index in [1.165, 1.54) is 0 Å². The number of benzene rings is 2. The molecule has 0 fully saturated rings. The predicted molar refractivity (Wildman–Crippen MR) is 150 cm³/mol. The van der Waals surface area contributed by atoms with Gasteiger partial charge in [0.05, 0.1) is 39.4 Å². The molecule has 0 saturated heterocycles. The summed E-state index contributed by atoms with van der Waals surface area (Å²) < 4.78 is 28.3. The van der Waals surface area contributed by atoms with Crippen molar-refractivity contribution >= 4 is 27.7 Å². The normalized spacial score (nSPS) is 18.9. The number of nitrogens with one attached hydrogen (secondary N) is 1. The molecule has 4 rings (SSSR count). The molecule has 0 saturated carbocycles. The van der Waals surface area contributed by atoms with Crippen molar-refractivity contribution in [3.8, 4) is 17.2 Å². The fourth-order valence-electron chi connectivity index (χ4n) is 5.31. The number of rotatable bonds is 10. The second kappa shape index (κ2) is 12.7. The number of carbonyl (C=O) groups is 2. The molecule has 2 aromatic rings. The van der Waals surface area contributed by atoms with Crippen LogP contribution in [0.3, 0.4) is 0 Å². The first kappa shape index (κ1) is 28.7. The lowest BCUT2D eigenvalue weighted by atomic mass is 9.71. The Morgan fingerprint density at radius 1 is 0.974 bits per heavy atom. The van der Waals surface area contributed by atoms with E-state index in [0.29, 0.717) is 53.7 Å². The molecule has 0 amide bonds. The lowest BCUT2D eigenvalue weighted by molar-refractivity contribution is -0.140. The summed E-state index contributed by atoms with van der Waals surface area (Å²) >= 11 is 3.55. The van der Waals surface area contributed by atoms with Gasteiger partial charge in [0.2, 0.25) is 0 Å². The summed E-state index contributed by atoms with van der Waals surface area (Å²) in [6.45, 7) is 4.67. The summed E-state index contributed by atoms with van der Waals surface area (Å²) in [6.07, 6.45) is 0.877. The van der Waals surface area contributed by atoms with Gasteiger partial charge < -0.3 is 29.0 Å². The van der Waals surface area contributed by atoms with Gasteiger partial charge in [-0.15, -0.1) is 0 Å². The minimum atomic E-state index is -0.646. The summed E-state index contributed by atoms with van der Waals surface area (Å²) in [4.78, 5) is 27.4. The van der Waals surface area contributed by atoms with Crippen molar-refractivity contribution in [3.05, 3.63) is 74.5 Å². The van der Waals surface area contributed by atoms with Crippen LogP contribution in [0.5, 0.6) is 17.2 Å². The molecule has 0 aromatic heterocycles. The van der Waals surface area contributed by atoms with Crippen LogP contribution < -0.4 is 19.5 Å². The second-order valence-electron chi connectivity index (χ2n) is 9.35. The fraction of sp³-hybridized carbons (Fsp3) is 0.400. The SMILES string of the molecule is CCOCCOC(=O)C1=C(C)NC2=C(C(=O)C[C@H](c3ccc(OC)c(OC)c3)C2)[C@H]1c1cc(Br)ccc1OC. The van der Waals surface area contributed by atoms with Crippen molar-refractivity contribution in [1.82, 2.24) is 5.32 Å². The molecule has 1 N–H and O–H groups in total. The highest BCUT2D eigenvalue weighted by molar-refractivity contribution is 9.10. The second-order valence-corrected chi connectivity index (χ2v) is 10.3. The standard InChI is InChI=1S/C30H34BrNO7/c1-6-38-11-12-39-30(34)27-17(2)32-22-13-19(18-7-9-25(36-4)26(15-18)37-5)14-23(33)29(22)28(27)21-16-20(31)8-10-24(21)35-3/h7-10,15-16,19,28,32H,6,11-14H2,1-5H3/t19-,28+/m1/s1. The third kappa shape index (κ3) is 5.99. The number of Topliss-reactive ketones (excluding diaryl/α,β-unsaturated/α-hetero) is 1. The maximum absolute atomic E-state index is 13.9. The third-order valence-electron chi connectivity index (χ3n) is 7.09. The number of esters is 1. The Morgan fingerprint density at radius 2 is 1.69 bits per heavy atom. The summed E-state index contributed by atoms with van der Waals surface area (Å²) in [6, 6.07) is 11.3. The number of ketones is 1. The van der Waals surface area contributed by atoms with Crippen molar-refractivity contribution in [3.63, 3.8) is 0 Å². The molecule has 2 atom stereocenters. The molecular weight excluding hydrogens is 566 g/mol. The van der Waals surface area contributed by atoms with Gasteiger partial charge >= 0.3 is 5.97 Å². The Morgan fingerprint density at radius 3 is 2.38 bits per heavy atom. The molecule has 2 aromatic carbocycles. The van der Waals surface area contributed by atoms with Crippen molar-refractivity contribution in [2.24, 2.45) is 0 Å². The van der Waals surface area contributed by atoms with E-state index < -0.39 is 11.9 Å². The Hall–Kier alpha value is -3.30. The van der Waals surface area contributed by atoms with Gasteiger partial charge in [-0.1, -0.05) is 22.0 Å². The van der Waals surface area contributed by atoms with Crippen LogP contribution in [0, 0.1) is 0 Å². The summed E-state index contributed by atoms with van der Waals surface area (Å²) in [5.74, 6) is 0.583. The lowest BCUT2D eigenvalue weighted by Gasteiger charge is -2.37. The van der Waals surface area contributed by atoms with Crippen LogP contribution in [0.1, 0.15) is 49.7 Å². The van der Waals surface area contributed by atoms with E-state index in [0.717, 1.165) is 21.3 Å². The first-order valence-corrected chi connectivity index (χ1v) is 13.7. The van der Waals surface area contributed by atoms with Crippen molar-refractivity contribution < 1.29 is 33.3 Å². The van der Waals surface area contributed by atoms with Crippen molar-refractivity contribution in [1.29, 1.82) is 0 Å². The number of allylic oxidation sites excluding steroid dienone is 3. The molecular formula is C30H34BrNO7. The van der Waals surface area contributed by atoms with Crippen LogP contribution in [-0.2, 0) is 19.1 Å². The minimum Gasteiger partial charge on any atom is -0.496 e. The quantitative estimate of drug-likeness (QED) is 0.286. The highest BCUT2D eigenvalue weighted by Crippen LogP contribution is 2.48. The monoisotopic (exact) mass is 599 g/mol. The van der Waals surface area contributed by atoms with Crippen molar-refractivity contribution in [2.45, 2.75) is 38.5 Å². The van der Waals surface area contributed by atoms with E-state index in [9.17, 15) is 9.59 Å². The highest BCUT2D eigenvalue weighted by Gasteiger charge is 2.42. The van der Waals surface area contributed by atoms with E-state index in [1.54, 1.807) is 21.3 Å². The van der Waals surface area contributed by atoms with E-state index in [-0.39, 0.29) is 24.7 Å². The summed E-state index contributed by atoms with van der Waals surface area (Å²) in [7, 11) is 4.77. The largest absolute Gasteiger partial charge is 0.496 e. The maximum Gasteiger partial charge on any atom is 0.336 e. The molecule has 9 heteroatoms. The smallest absolute Gasteiger partial charge is 0.336 e. The molecule has 0 unspecified atom stereocenters. The Kier molecular flexibility index (Phi) is 9.35. The van der Waals surface area contributed by atoms with Crippen LogP contribution in [0.15, 0.2) is 63.4 Å². The molecule has 39 heavy (non-hydrogen) atoms. The number of halogens is 1. The first-order valence-electron chi connectivity index (χ1n) is 12.9. The van der Waals surface area contributed by atoms with Gasteiger partial charge in [0.25, 0.3) is 0 Å². The predicted octanol–water partition coefficient (Wildman–Crippen LogP) is 5.42. The van der Waals surface area contributed by atoms with E-state index in [1.807, 2.05) is 50.2 Å². The Labute approximate surface area is 237 Å². The van der Waals surface area contributed by atoms with Crippen LogP contribution >= 0.6 is 15.9 Å². The number of hydrogen-bond acceptors (Lipinski definition) is 8.